The van der Waals surface area contributed by atoms with E-state index in [1.54, 1.807) is 6.20 Å². The number of amidine groups is 1. The fourth-order valence-electron chi connectivity index (χ4n) is 7.28. The summed E-state index contributed by atoms with van der Waals surface area (Å²) in [5, 5.41) is 0.904. The number of aliphatic imine (C=N–C) groups is 1. The monoisotopic (exact) mass is 561 g/mol. The first kappa shape index (κ1) is 27.9. The van der Waals surface area contributed by atoms with Crippen LogP contribution in [-0.2, 0) is 15.0 Å². The molecule has 3 aliphatic rings. The molecule has 3 aromatic heterocycles. The Labute approximate surface area is 241 Å². The maximum absolute atomic E-state index is 6.55. The van der Waals surface area contributed by atoms with Crippen LogP contribution in [0.1, 0.15) is 56.8 Å². The lowest BCUT2D eigenvalue weighted by molar-refractivity contribution is -0.155. The third kappa shape index (κ3) is 5.04. The first-order chi connectivity index (χ1) is 19.9. The number of ether oxygens (including phenoxy) is 2. The van der Waals surface area contributed by atoms with Gasteiger partial charge in [-0.1, -0.05) is 6.42 Å². The molecule has 1 spiro atoms. The number of nitrogens with zero attached hydrogens (tertiary/aromatic N) is 7. The van der Waals surface area contributed by atoms with E-state index in [0.29, 0.717) is 25.6 Å². The van der Waals surface area contributed by atoms with Crippen LogP contribution in [0.3, 0.4) is 0 Å². The van der Waals surface area contributed by atoms with E-state index < -0.39 is 5.54 Å². The van der Waals surface area contributed by atoms with E-state index in [9.17, 15) is 0 Å². The lowest BCUT2D eigenvalue weighted by atomic mass is 9.62. The summed E-state index contributed by atoms with van der Waals surface area (Å²) in [5.74, 6) is 1.04. The van der Waals surface area contributed by atoms with Crippen molar-refractivity contribution < 1.29 is 9.47 Å². The molecule has 2 aliphatic heterocycles. The van der Waals surface area contributed by atoms with Crippen molar-refractivity contribution in [3.8, 4) is 0 Å². The Morgan fingerprint density at radius 3 is 2.51 bits per heavy atom. The number of nitrogens with two attached hydrogens (primary N) is 2. The summed E-state index contributed by atoms with van der Waals surface area (Å²) in [5.41, 5.74) is 16.1. The first-order valence-corrected chi connectivity index (χ1v) is 15.0. The van der Waals surface area contributed by atoms with E-state index in [1.807, 2.05) is 19.9 Å². The molecule has 0 radical (unpaired) electrons. The van der Waals surface area contributed by atoms with Crippen LogP contribution >= 0.6 is 0 Å². The smallest absolute Gasteiger partial charge is 0.221 e. The largest absolute Gasteiger partial charge is 0.382 e. The first-order valence-electron chi connectivity index (χ1n) is 15.0. The van der Waals surface area contributed by atoms with Gasteiger partial charge in [0, 0.05) is 69.0 Å². The van der Waals surface area contributed by atoms with Crippen molar-refractivity contribution in [1.82, 2.24) is 24.4 Å². The van der Waals surface area contributed by atoms with Crippen LogP contribution in [0, 0.1) is 5.92 Å². The van der Waals surface area contributed by atoms with Gasteiger partial charge in [-0.15, -0.1) is 0 Å². The Morgan fingerprint density at radius 1 is 1.02 bits per heavy atom. The normalized spacial score (nSPS) is 25.2. The van der Waals surface area contributed by atoms with Gasteiger partial charge in [0.2, 0.25) is 5.95 Å². The van der Waals surface area contributed by atoms with Gasteiger partial charge in [0.05, 0.1) is 29.7 Å². The van der Waals surface area contributed by atoms with E-state index in [2.05, 4.69) is 44.7 Å². The van der Waals surface area contributed by atoms with Crippen LogP contribution in [0.15, 0.2) is 35.6 Å². The third-order valence-corrected chi connectivity index (χ3v) is 9.27. The van der Waals surface area contributed by atoms with E-state index in [-0.39, 0.29) is 24.1 Å². The summed E-state index contributed by atoms with van der Waals surface area (Å²) in [6.45, 7) is 9.88. The molecule has 1 aliphatic carbocycles. The predicted octanol–water partition coefficient (Wildman–Crippen LogP) is 2.95. The highest BCUT2D eigenvalue weighted by Crippen LogP contribution is 2.53. The van der Waals surface area contributed by atoms with E-state index >= 15 is 0 Å². The van der Waals surface area contributed by atoms with E-state index in [4.69, 9.17) is 35.9 Å². The molecule has 1 saturated carbocycles. The standard InChI is InChI=1S/C30H43N9O2/c1-4-40-26(41-5-2)16-21-7-6-8-23(24-10-9-22(18-33-24)38-13-11-37(3)12-14-38)30(21)19-35-27(31)25-15-20-17-34-29(32)36-28(20)39(25)30/h9-10,15,17-18,21,23,26H,4-8,11-14,16,19H2,1-3H3,(H2,31,35)(H2,32,34,36). The van der Waals surface area contributed by atoms with Crippen molar-refractivity contribution in [2.24, 2.45) is 16.6 Å². The van der Waals surface area contributed by atoms with Crippen LogP contribution in [0.5, 0.6) is 0 Å². The minimum Gasteiger partial charge on any atom is -0.382 e. The van der Waals surface area contributed by atoms with Gasteiger partial charge in [-0.25, -0.2) is 4.98 Å². The maximum atomic E-state index is 6.55. The minimum atomic E-state index is -0.464. The van der Waals surface area contributed by atoms with Crippen molar-refractivity contribution in [2.45, 2.75) is 57.3 Å². The fraction of sp³-hybridized carbons (Fsp3) is 0.600. The average Bonchev–Trinajstić information content (AvgIpc) is 3.37. The molecule has 4 N–H and O–H groups in total. The summed E-state index contributed by atoms with van der Waals surface area (Å²) in [6.07, 6.45) is 7.36. The zero-order valence-corrected chi connectivity index (χ0v) is 24.5. The maximum Gasteiger partial charge on any atom is 0.221 e. The molecular formula is C30H43N9O2. The summed E-state index contributed by atoms with van der Waals surface area (Å²) in [4.78, 5) is 23.9. The predicted molar refractivity (Wildman–Crippen MR) is 161 cm³/mol. The molecule has 0 aromatic carbocycles. The summed E-state index contributed by atoms with van der Waals surface area (Å²) in [6, 6.07) is 6.51. The topological polar surface area (TPSA) is 133 Å². The zero-order valence-electron chi connectivity index (χ0n) is 24.5. The molecule has 3 atom stereocenters. The van der Waals surface area contributed by atoms with Gasteiger partial charge in [0.25, 0.3) is 0 Å². The highest BCUT2D eigenvalue weighted by Gasteiger charge is 2.54. The Bertz CT molecular complexity index is 1380. The molecular weight excluding hydrogens is 518 g/mol. The second kappa shape index (κ2) is 11.5. The van der Waals surface area contributed by atoms with Crippen molar-refractivity contribution in [1.29, 1.82) is 0 Å². The Kier molecular flexibility index (Phi) is 7.84. The fourth-order valence-corrected chi connectivity index (χ4v) is 7.28. The SMILES string of the molecule is CCOC(CC1CCCC(c2ccc(N3CCN(C)CC3)cn2)C12CN=C(N)c1cc3cnc(N)nc3n12)OCC. The van der Waals surface area contributed by atoms with Gasteiger partial charge in [0.15, 0.2) is 6.29 Å². The summed E-state index contributed by atoms with van der Waals surface area (Å²) in [7, 11) is 2.18. The summed E-state index contributed by atoms with van der Waals surface area (Å²) >= 11 is 0. The lowest BCUT2D eigenvalue weighted by Crippen LogP contribution is -2.55. The molecule has 0 bridgehead atoms. The van der Waals surface area contributed by atoms with Crippen LogP contribution in [-0.4, -0.2) is 89.5 Å². The number of rotatable bonds is 8. The van der Waals surface area contributed by atoms with Crippen LogP contribution < -0.4 is 16.4 Å². The molecule has 41 heavy (non-hydrogen) atoms. The summed E-state index contributed by atoms with van der Waals surface area (Å²) < 4.78 is 14.5. The number of aromatic nitrogens is 4. The zero-order chi connectivity index (χ0) is 28.6. The van der Waals surface area contributed by atoms with Gasteiger partial charge < -0.3 is 35.3 Å². The third-order valence-electron chi connectivity index (χ3n) is 9.27. The van der Waals surface area contributed by atoms with Crippen LogP contribution in [0.4, 0.5) is 11.6 Å². The molecule has 0 amide bonds. The molecule has 1 saturated heterocycles. The van der Waals surface area contributed by atoms with E-state index in [0.717, 1.165) is 74.3 Å². The number of hydrogen-bond donors (Lipinski definition) is 2. The van der Waals surface area contributed by atoms with Crippen molar-refractivity contribution in [3.05, 3.63) is 42.0 Å². The highest BCUT2D eigenvalue weighted by atomic mass is 16.7. The second-order valence-electron chi connectivity index (χ2n) is 11.6. The number of nitrogen functional groups attached to an aromatic ring is 1. The minimum absolute atomic E-state index is 0.0917. The highest BCUT2D eigenvalue weighted by molar-refractivity contribution is 6.01. The quantitative estimate of drug-likeness (QED) is 0.398. The molecule has 3 unspecified atom stereocenters. The lowest BCUT2D eigenvalue weighted by Gasteiger charge is -2.52. The van der Waals surface area contributed by atoms with Crippen molar-refractivity contribution in [3.63, 3.8) is 0 Å². The molecule has 6 rings (SSSR count). The molecule has 2 fully saturated rings. The molecule has 5 heterocycles. The number of fused-ring (bicyclic) bond motifs is 4. The van der Waals surface area contributed by atoms with Gasteiger partial charge >= 0.3 is 0 Å². The Hall–Kier alpha value is -3.28. The van der Waals surface area contributed by atoms with Gasteiger partial charge in [-0.3, -0.25) is 9.98 Å². The molecule has 11 nitrogen and oxygen atoms in total. The van der Waals surface area contributed by atoms with Gasteiger partial charge in [0.1, 0.15) is 11.5 Å². The van der Waals surface area contributed by atoms with Crippen molar-refractivity contribution in [2.75, 3.05) is 63.6 Å². The van der Waals surface area contributed by atoms with Gasteiger partial charge in [-0.2, -0.15) is 4.98 Å². The Morgan fingerprint density at radius 2 is 1.80 bits per heavy atom. The number of pyridine rings is 1. The van der Waals surface area contributed by atoms with Crippen LogP contribution in [0.25, 0.3) is 11.0 Å². The molecule has 11 heteroatoms. The van der Waals surface area contributed by atoms with Gasteiger partial charge in [-0.05, 0) is 57.9 Å². The number of piperazine rings is 1. The number of hydrogen-bond acceptors (Lipinski definition) is 10. The Balaban J connectivity index is 1.46. The van der Waals surface area contributed by atoms with E-state index in [1.165, 1.54) is 5.69 Å². The molecule has 3 aromatic rings. The molecule has 220 valence electrons. The second-order valence-corrected chi connectivity index (χ2v) is 11.6. The van der Waals surface area contributed by atoms with Crippen molar-refractivity contribution >= 4 is 28.5 Å². The number of likely N-dealkylation sites (N-methyl/N-ethyl adjacent to an activating group) is 1. The average molecular weight is 562 g/mol. The van der Waals surface area contributed by atoms with Crippen LogP contribution in [0.2, 0.25) is 0 Å². The number of anilines is 2.